The van der Waals surface area contributed by atoms with Gasteiger partial charge in [0.05, 0.1) is 11.9 Å². The number of aromatic nitrogens is 2. The fourth-order valence-electron chi connectivity index (χ4n) is 1.52. The number of anilines is 1. The van der Waals surface area contributed by atoms with Gasteiger partial charge in [0.2, 0.25) is 0 Å². The van der Waals surface area contributed by atoms with Gasteiger partial charge in [-0.2, -0.15) is 0 Å². The van der Waals surface area contributed by atoms with E-state index in [9.17, 15) is 9.18 Å². The zero-order valence-corrected chi connectivity index (χ0v) is 9.64. The van der Waals surface area contributed by atoms with Crippen molar-refractivity contribution in [1.29, 1.82) is 0 Å². The number of nitrogens with zero attached hydrogens (tertiary/aromatic N) is 2. The lowest BCUT2D eigenvalue weighted by atomic mass is 10.1. The monoisotopic (exact) mass is 246 g/mol. The van der Waals surface area contributed by atoms with Crippen molar-refractivity contribution in [2.24, 2.45) is 5.73 Å². The Bertz CT molecular complexity index is 627. The molecular weight excluding hydrogens is 235 g/mol. The van der Waals surface area contributed by atoms with Crippen molar-refractivity contribution in [3.8, 4) is 11.3 Å². The molecule has 5 nitrogen and oxygen atoms in total. The first-order chi connectivity index (χ1) is 8.49. The Labute approximate surface area is 103 Å². The summed E-state index contributed by atoms with van der Waals surface area (Å²) >= 11 is 0. The number of hydrogen-bond acceptors (Lipinski definition) is 4. The average Bonchev–Trinajstić information content (AvgIpc) is 2.33. The maximum Gasteiger partial charge on any atom is 0.271 e. The van der Waals surface area contributed by atoms with Crippen molar-refractivity contribution < 1.29 is 9.18 Å². The first-order valence-corrected chi connectivity index (χ1v) is 5.18. The number of primary amides is 1. The van der Waals surface area contributed by atoms with E-state index in [1.54, 1.807) is 19.1 Å². The molecule has 0 atom stereocenters. The molecule has 2 aromatic rings. The molecule has 1 heterocycles. The van der Waals surface area contributed by atoms with Gasteiger partial charge in [0, 0.05) is 5.56 Å². The second-order valence-corrected chi connectivity index (χ2v) is 3.82. The van der Waals surface area contributed by atoms with Crippen LogP contribution in [0.3, 0.4) is 0 Å². The van der Waals surface area contributed by atoms with E-state index in [0.29, 0.717) is 16.8 Å². The molecule has 0 spiro atoms. The molecule has 0 aliphatic rings. The van der Waals surface area contributed by atoms with Crippen LogP contribution < -0.4 is 11.5 Å². The Hall–Kier alpha value is -2.50. The Morgan fingerprint density at radius 2 is 2.11 bits per heavy atom. The van der Waals surface area contributed by atoms with Crippen molar-refractivity contribution in [2.75, 3.05) is 5.73 Å². The van der Waals surface area contributed by atoms with E-state index < -0.39 is 5.91 Å². The van der Waals surface area contributed by atoms with Crippen LogP contribution >= 0.6 is 0 Å². The largest absolute Gasteiger partial charge is 0.382 e. The number of hydrogen-bond donors (Lipinski definition) is 2. The van der Waals surface area contributed by atoms with E-state index in [1.807, 2.05) is 0 Å². The highest BCUT2D eigenvalue weighted by atomic mass is 19.1. The molecule has 0 fully saturated rings. The maximum atomic E-state index is 13.2. The lowest BCUT2D eigenvalue weighted by Crippen LogP contribution is -2.17. The highest BCUT2D eigenvalue weighted by molar-refractivity contribution is 5.95. The summed E-state index contributed by atoms with van der Waals surface area (Å²) in [6.07, 6.45) is 1.41. The van der Waals surface area contributed by atoms with E-state index in [1.165, 1.54) is 12.3 Å². The summed E-state index contributed by atoms with van der Waals surface area (Å²) in [6, 6.07) is 4.49. The number of amides is 1. The number of nitrogen functional groups attached to an aromatic ring is 1. The van der Waals surface area contributed by atoms with Gasteiger partial charge in [-0.25, -0.2) is 14.4 Å². The number of halogens is 1. The number of rotatable bonds is 2. The lowest BCUT2D eigenvalue weighted by Gasteiger charge is -2.05. The number of carbonyl (C=O) groups excluding carboxylic acids is 1. The standard InChI is InChI=1S/C12H11FN4O/c1-6-4-7(2-3-8(6)13)9-5-16-11(14)10(17-9)12(15)18/h2-5H,1H3,(H2,14,16)(H2,15,18). The Morgan fingerprint density at radius 1 is 1.39 bits per heavy atom. The summed E-state index contributed by atoms with van der Waals surface area (Å²) in [5.41, 5.74) is 12.1. The molecule has 0 bridgehead atoms. The van der Waals surface area contributed by atoms with Crippen molar-refractivity contribution in [1.82, 2.24) is 9.97 Å². The molecule has 1 aromatic carbocycles. The molecule has 0 unspecified atom stereocenters. The van der Waals surface area contributed by atoms with Crippen LogP contribution in [0.1, 0.15) is 16.1 Å². The predicted octanol–water partition coefficient (Wildman–Crippen LogP) is 1.27. The minimum Gasteiger partial charge on any atom is -0.382 e. The molecule has 0 radical (unpaired) electrons. The fourth-order valence-corrected chi connectivity index (χ4v) is 1.52. The molecule has 0 saturated heterocycles. The van der Waals surface area contributed by atoms with Gasteiger partial charge in [0.1, 0.15) is 5.82 Å². The molecule has 1 aromatic heterocycles. The van der Waals surface area contributed by atoms with Crippen LogP contribution in [0.25, 0.3) is 11.3 Å². The molecule has 2 rings (SSSR count). The van der Waals surface area contributed by atoms with Crippen molar-refractivity contribution >= 4 is 11.7 Å². The number of benzene rings is 1. The summed E-state index contributed by atoms with van der Waals surface area (Å²) in [7, 11) is 0. The van der Waals surface area contributed by atoms with Crippen molar-refractivity contribution in [3.05, 3.63) is 41.5 Å². The van der Waals surface area contributed by atoms with Gasteiger partial charge in [0.25, 0.3) is 5.91 Å². The van der Waals surface area contributed by atoms with Gasteiger partial charge < -0.3 is 11.5 Å². The van der Waals surface area contributed by atoms with Gasteiger partial charge in [-0.3, -0.25) is 4.79 Å². The highest BCUT2D eigenvalue weighted by Gasteiger charge is 2.11. The summed E-state index contributed by atoms with van der Waals surface area (Å²) in [5.74, 6) is -1.08. The first-order valence-electron chi connectivity index (χ1n) is 5.18. The van der Waals surface area contributed by atoms with E-state index in [0.717, 1.165) is 0 Å². The van der Waals surface area contributed by atoms with Gasteiger partial charge in [0.15, 0.2) is 11.5 Å². The van der Waals surface area contributed by atoms with E-state index in [2.05, 4.69) is 9.97 Å². The molecule has 6 heteroatoms. The smallest absolute Gasteiger partial charge is 0.271 e. The topological polar surface area (TPSA) is 94.9 Å². The zero-order chi connectivity index (χ0) is 13.3. The van der Waals surface area contributed by atoms with Crippen LogP contribution in [0, 0.1) is 12.7 Å². The van der Waals surface area contributed by atoms with Crippen molar-refractivity contribution in [3.63, 3.8) is 0 Å². The lowest BCUT2D eigenvalue weighted by molar-refractivity contribution is 0.0996. The predicted molar refractivity (Wildman–Crippen MR) is 65.1 cm³/mol. The summed E-state index contributed by atoms with van der Waals surface area (Å²) < 4.78 is 13.2. The summed E-state index contributed by atoms with van der Waals surface area (Å²) in [4.78, 5) is 19.0. The fraction of sp³-hybridized carbons (Fsp3) is 0.0833. The molecular formula is C12H11FN4O. The SMILES string of the molecule is Cc1cc(-c2cnc(N)c(C(N)=O)n2)ccc1F. The Morgan fingerprint density at radius 3 is 2.72 bits per heavy atom. The van der Waals surface area contributed by atoms with E-state index >= 15 is 0 Å². The van der Waals surface area contributed by atoms with Crippen LogP contribution in [0.15, 0.2) is 24.4 Å². The van der Waals surface area contributed by atoms with Crippen molar-refractivity contribution in [2.45, 2.75) is 6.92 Å². The molecule has 0 saturated carbocycles. The molecule has 1 amide bonds. The van der Waals surface area contributed by atoms with Crippen LogP contribution in [0.5, 0.6) is 0 Å². The highest BCUT2D eigenvalue weighted by Crippen LogP contribution is 2.20. The van der Waals surface area contributed by atoms with Gasteiger partial charge >= 0.3 is 0 Å². The number of carbonyl (C=O) groups is 1. The molecule has 92 valence electrons. The molecule has 18 heavy (non-hydrogen) atoms. The minimum absolute atomic E-state index is 0.0231. The molecule has 4 N–H and O–H groups in total. The molecule has 0 aliphatic heterocycles. The van der Waals surface area contributed by atoms with Gasteiger partial charge in [-0.05, 0) is 30.7 Å². The van der Waals surface area contributed by atoms with Gasteiger partial charge in [-0.15, -0.1) is 0 Å². The van der Waals surface area contributed by atoms with E-state index in [-0.39, 0.29) is 17.3 Å². The van der Waals surface area contributed by atoms with E-state index in [4.69, 9.17) is 11.5 Å². The summed E-state index contributed by atoms with van der Waals surface area (Å²) in [5, 5.41) is 0. The van der Waals surface area contributed by atoms with Crippen LogP contribution in [0.4, 0.5) is 10.2 Å². The first kappa shape index (κ1) is 12.0. The minimum atomic E-state index is -0.749. The Kier molecular flexibility index (Phi) is 2.93. The normalized spacial score (nSPS) is 10.3. The number of aryl methyl sites for hydroxylation is 1. The summed E-state index contributed by atoms with van der Waals surface area (Å²) in [6.45, 7) is 1.64. The van der Waals surface area contributed by atoms with Crippen LogP contribution in [0.2, 0.25) is 0 Å². The third-order valence-electron chi connectivity index (χ3n) is 2.49. The second-order valence-electron chi connectivity index (χ2n) is 3.82. The molecule has 0 aliphatic carbocycles. The average molecular weight is 246 g/mol. The second kappa shape index (κ2) is 4.40. The number of nitrogens with two attached hydrogens (primary N) is 2. The quantitative estimate of drug-likeness (QED) is 0.834. The van der Waals surface area contributed by atoms with Crippen LogP contribution in [-0.4, -0.2) is 15.9 Å². The zero-order valence-electron chi connectivity index (χ0n) is 9.64. The van der Waals surface area contributed by atoms with Gasteiger partial charge in [-0.1, -0.05) is 0 Å². The third-order valence-corrected chi connectivity index (χ3v) is 2.49. The van der Waals surface area contributed by atoms with Crippen LogP contribution in [-0.2, 0) is 0 Å². The third kappa shape index (κ3) is 2.13. The maximum absolute atomic E-state index is 13.2. The Balaban J connectivity index is 2.54.